The van der Waals surface area contributed by atoms with Crippen molar-refractivity contribution < 1.29 is 13.2 Å². The SMILES string of the molecule is C[C@H]1CC[C@@H]2C3CC[C@@]4(C)C(CC[C@@H]4[C@@H](C)Cc4ccc(C(F)(F)F)nc4)[C@@H]3CC[C@@H]2C1. The molecule has 5 rings (SSSR count). The fourth-order valence-corrected chi connectivity index (χ4v) is 9.29. The highest BCUT2D eigenvalue weighted by molar-refractivity contribution is 5.17. The van der Waals surface area contributed by atoms with E-state index >= 15 is 0 Å². The maximum Gasteiger partial charge on any atom is 0.433 e. The molecule has 0 aromatic carbocycles. The van der Waals surface area contributed by atoms with Crippen molar-refractivity contribution >= 4 is 0 Å². The van der Waals surface area contributed by atoms with E-state index in [9.17, 15) is 13.2 Å². The van der Waals surface area contributed by atoms with Crippen LogP contribution in [0.2, 0.25) is 0 Å². The molecule has 4 saturated carbocycles. The van der Waals surface area contributed by atoms with Crippen LogP contribution in [0.25, 0.3) is 0 Å². The fraction of sp³-hybridized carbons (Fsp3) is 0.821. The highest BCUT2D eigenvalue weighted by atomic mass is 19.4. The number of hydrogen-bond donors (Lipinski definition) is 0. The number of halogens is 3. The van der Waals surface area contributed by atoms with Crippen LogP contribution in [-0.2, 0) is 12.6 Å². The van der Waals surface area contributed by atoms with Gasteiger partial charge in [-0.05, 0) is 122 Å². The summed E-state index contributed by atoms with van der Waals surface area (Å²) in [6.07, 6.45) is 10.7. The third-order valence-corrected chi connectivity index (χ3v) is 10.6. The van der Waals surface area contributed by atoms with E-state index in [1.54, 1.807) is 6.07 Å². The van der Waals surface area contributed by atoms with Crippen molar-refractivity contribution in [2.45, 2.75) is 91.2 Å². The van der Waals surface area contributed by atoms with Crippen LogP contribution >= 0.6 is 0 Å². The Morgan fingerprint density at radius 3 is 2.50 bits per heavy atom. The van der Waals surface area contributed by atoms with Gasteiger partial charge in [0, 0.05) is 6.20 Å². The summed E-state index contributed by atoms with van der Waals surface area (Å²) in [5.41, 5.74) is 0.574. The lowest BCUT2D eigenvalue weighted by Crippen LogP contribution is -2.49. The molecule has 4 aliphatic carbocycles. The molecular formula is C28H40F3N. The molecule has 1 nitrogen and oxygen atoms in total. The Labute approximate surface area is 192 Å². The second kappa shape index (κ2) is 8.31. The van der Waals surface area contributed by atoms with Crippen molar-refractivity contribution in [2.24, 2.45) is 52.8 Å². The highest BCUT2D eigenvalue weighted by Crippen LogP contribution is 2.65. The largest absolute Gasteiger partial charge is 0.433 e. The molecule has 9 atom stereocenters. The predicted molar refractivity (Wildman–Crippen MR) is 122 cm³/mol. The molecule has 0 N–H and O–H groups in total. The smallest absolute Gasteiger partial charge is 0.252 e. The average molecular weight is 448 g/mol. The summed E-state index contributed by atoms with van der Waals surface area (Å²) < 4.78 is 38.6. The molecule has 0 saturated heterocycles. The lowest BCUT2D eigenvalue weighted by Gasteiger charge is -2.56. The number of pyridine rings is 1. The minimum absolute atomic E-state index is 0.411. The van der Waals surface area contributed by atoms with Gasteiger partial charge in [-0.25, -0.2) is 0 Å². The molecule has 1 heterocycles. The van der Waals surface area contributed by atoms with E-state index < -0.39 is 11.9 Å². The van der Waals surface area contributed by atoms with Gasteiger partial charge in [-0.1, -0.05) is 33.3 Å². The zero-order valence-corrected chi connectivity index (χ0v) is 20.0. The zero-order chi connectivity index (χ0) is 22.7. The maximum absolute atomic E-state index is 12.9. The standard InChI is InChI=1S/C28H40F3N/c1-17-4-7-21-20(14-17)6-8-23-22(21)12-13-27(3)24(9-10-25(23)27)18(2)15-19-5-11-26(32-16-19)28(29,30)31/h5,11,16-18,20-25H,4,6-10,12-15H2,1-3H3/t17-,18-,20+,21-,22?,23+,24+,25?,27+/m0/s1. The molecule has 0 amide bonds. The molecule has 1 aromatic rings. The summed E-state index contributed by atoms with van der Waals surface area (Å²) in [7, 11) is 0. The fourth-order valence-electron chi connectivity index (χ4n) is 9.29. The first-order valence-corrected chi connectivity index (χ1v) is 13.2. The van der Waals surface area contributed by atoms with Crippen molar-refractivity contribution in [3.05, 3.63) is 29.6 Å². The van der Waals surface area contributed by atoms with Gasteiger partial charge in [-0.3, -0.25) is 4.98 Å². The number of nitrogens with zero attached hydrogens (tertiary/aromatic N) is 1. The van der Waals surface area contributed by atoms with Crippen molar-refractivity contribution in [2.75, 3.05) is 0 Å². The predicted octanol–water partition coefficient (Wildman–Crippen LogP) is 8.18. The molecular weight excluding hydrogens is 407 g/mol. The van der Waals surface area contributed by atoms with Crippen LogP contribution in [-0.4, -0.2) is 4.98 Å². The average Bonchev–Trinajstić information content (AvgIpc) is 3.10. The molecule has 4 aliphatic rings. The number of hydrogen-bond acceptors (Lipinski definition) is 1. The van der Waals surface area contributed by atoms with Gasteiger partial charge in [-0.15, -0.1) is 0 Å². The van der Waals surface area contributed by atoms with Gasteiger partial charge >= 0.3 is 6.18 Å². The first-order valence-electron chi connectivity index (χ1n) is 13.2. The molecule has 2 unspecified atom stereocenters. The van der Waals surface area contributed by atoms with Crippen LogP contribution in [0.3, 0.4) is 0 Å². The lowest BCUT2D eigenvalue weighted by molar-refractivity contribution is -0.141. The Balaban J connectivity index is 1.27. The van der Waals surface area contributed by atoms with Crippen molar-refractivity contribution in [3.63, 3.8) is 0 Å². The van der Waals surface area contributed by atoms with Gasteiger partial charge in [0.2, 0.25) is 0 Å². The summed E-state index contributed by atoms with van der Waals surface area (Å²) in [6.45, 7) is 7.36. The van der Waals surface area contributed by atoms with E-state index in [0.717, 1.165) is 53.6 Å². The molecule has 0 radical (unpaired) electrons. The van der Waals surface area contributed by atoms with Crippen LogP contribution in [0, 0.1) is 52.8 Å². The van der Waals surface area contributed by atoms with Gasteiger partial charge in [-0.2, -0.15) is 13.2 Å². The molecule has 4 fully saturated rings. The number of rotatable bonds is 3. The minimum Gasteiger partial charge on any atom is -0.252 e. The molecule has 4 heteroatoms. The van der Waals surface area contributed by atoms with Gasteiger partial charge in [0.25, 0.3) is 0 Å². The number of fused-ring (bicyclic) bond motifs is 5. The Morgan fingerprint density at radius 1 is 1.00 bits per heavy atom. The molecule has 178 valence electrons. The normalized spacial score (nSPS) is 42.6. The Morgan fingerprint density at radius 2 is 1.78 bits per heavy atom. The highest BCUT2D eigenvalue weighted by Gasteiger charge is 2.57. The summed E-state index contributed by atoms with van der Waals surface area (Å²) in [5.74, 6) is 6.84. The zero-order valence-electron chi connectivity index (χ0n) is 20.0. The van der Waals surface area contributed by atoms with Crippen LogP contribution in [0.1, 0.15) is 89.8 Å². The first kappa shape index (κ1) is 22.7. The molecule has 32 heavy (non-hydrogen) atoms. The van der Waals surface area contributed by atoms with E-state index in [2.05, 4.69) is 25.8 Å². The summed E-state index contributed by atoms with van der Waals surface area (Å²) >= 11 is 0. The minimum atomic E-state index is -4.36. The third kappa shape index (κ3) is 3.92. The quantitative estimate of drug-likeness (QED) is 0.455. The number of alkyl halides is 3. The third-order valence-electron chi connectivity index (χ3n) is 10.6. The van der Waals surface area contributed by atoms with Crippen molar-refractivity contribution in [3.8, 4) is 0 Å². The van der Waals surface area contributed by atoms with E-state index in [4.69, 9.17) is 0 Å². The van der Waals surface area contributed by atoms with Gasteiger partial charge < -0.3 is 0 Å². The van der Waals surface area contributed by atoms with Gasteiger partial charge in [0.15, 0.2) is 0 Å². The number of aromatic nitrogens is 1. The topological polar surface area (TPSA) is 12.9 Å². The van der Waals surface area contributed by atoms with Crippen molar-refractivity contribution in [1.82, 2.24) is 4.98 Å². The molecule has 0 aliphatic heterocycles. The van der Waals surface area contributed by atoms with E-state index in [0.29, 0.717) is 17.3 Å². The first-order chi connectivity index (χ1) is 15.2. The Kier molecular flexibility index (Phi) is 5.90. The van der Waals surface area contributed by atoms with Gasteiger partial charge in [0.05, 0.1) is 0 Å². The summed E-state index contributed by atoms with van der Waals surface area (Å²) in [6, 6.07) is 2.79. The Hall–Kier alpha value is -1.06. The second-order valence-electron chi connectivity index (χ2n) is 12.3. The van der Waals surface area contributed by atoms with Gasteiger partial charge in [0.1, 0.15) is 5.69 Å². The van der Waals surface area contributed by atoms with Crippen LogP contribution < -0.4 is 0 Å². The summed E-state index contributed by atoms with van der Waals surface area (Å²) in [5, 5.41) is 0. The summed E-state index contributed by atoms with van der Waals surface area (Å²) in [4.78, 5) is 3.70. The maximum atomic E-state index is 12.9. The molecule has 1 aromatic heterocycles. The Bertz CT molecular complexity index is 802. The van der Waals surface area contributed by atoms with Crippen molar-refractivity contribution in [1.29, 1.82) is 0 Å². The van der Waals surface area contributed by atoms with E-state index in [1.165, 1.54) is 64.0 Å². The molecule has 0 bridgehead atoms. The van der Waals surface area contributed by atoms with E-state index in [-0.39, 0.29) is 0 Å². The van der Waals surface area contributed by atoms with Crippen LogP contribution in [0.5, 0.6) is 0 Å². The second-order valence-corrected chi connectivity index (χ2v) is 12.3. The van der Waals surface area contributed by atoms with E-state index in [1.807, 2.05) is 0 Å². The molecule has 0 spiro atoms. The van der Waals surface area contributed by atoms with Crippen LogP contribution in [0.4, 0.5) is 13.2 Å². The lowest BCUT2D eigenvalue weighted by atomic mass is 9.48. The van der Waals surface area contributed by atoms with Crippen LogP contribution in [0.15, 0.2) is 18.3 Å². The monoisotopic (exact) mass is 447 g/mol.